The second-order valence-electron chi connectivity index (χ2n) is 7.24. The first-order valence-corrected chi connectivity index (χ1v) is 10.0. The number of ether oxygens (including phenoxy) is 2. The Bertz CT molecular complexity index is 855. The third kappa shape index (κ3) is 4.97. The Morgan fingerprint density at radius 2 is 1.83 bits per heavy atom. The van der Waals surface area contributed by atoms with Crippen LogP contribution in [-0.4, -0.2) is 39.2 Å². The maximum Gasteiger partial charge on any atom is 0.227 e. The van der Waals surface area contributed by atoms with E-state index in [2.05, 4.69) is 5.32 Å². The quantitative estimate of drug-likeness (QED) is 0.672. The fraction of sp³-hybridized carbons (Fsp3) is 0.391. The smallest absolute Gasteiger partial charge is 0.227 e. The van der Waals surface area contributed by atoms with Crippen LogP contribution in [0, 0.1) is 11.7 Å². The van der Waals surface area contributed by atoms with Crippen LogP contribution in [-0.2, 0) is 14.3 Å². The number of rotatable bonds is 8. The van der Waals surface area contributed by atoms with E-state index in [1.54, 1.807) is 55.5 Å². The number of benzene rings is 2. The lowest BCUT2D eigenvalue weighted by Crippen LogP contribution is -2.48. The molecule has 0 aliphatic carbocycles. The maximum absolute atomic E-state index is 13.5. The summed E-state index contributed by atoms with van der Waals surface area (Å²) < 4.78 is 23.8. The fourth-order valence-corrected chi connectivity index (χ4v) is 3.81. The van der Waals surface area contributed by atoms with Crippen LogP contribution >= 0.6 is 0 Å². The van der Waals surface area contributed by atoms with Gasteiger partial charge in [0.05, 0.1) is 19.1 Å². The molecule has 0 spiro atoms. The summed E-state index contributed by atoms with van der Waals surface area (Å²) >= 11 is 0. The molecule has 7 heteroatoms. The number of methoxy groups -OCH3 is 2. The second kappa shape index (κ2) is 10.2. The zero-order valence-electron chi connectivity index (χ0n) is 17.3. The van der Waals surface area contributed by atoms with Gasteiger partial charge >= 0.3 is 0 Å². The average Bonchev–Trinajstić information content (AvgIpc) is 2.77. The van der Waals surface area contributed by atoms with Crippen LogP contribution in [0.4, 0.5) is 10.1 Å². The van der Waals surface area contributed by atoms with Crippen molar-refractivity contribution in [2.24, 2.45) is 5.92 Å². The summed E-state index contributed by atoms with van der Waals surface area (Å²) in [5.74, 6) is -0.325. The SMILES string of the molecule is COCCCNC(=O)[C@@H]1CCC(=O)N(c2ccc(OC)cc2)[C@H]1c1ccc(F)cc1. The molecule has 1 aliphatic rings. The molecule has 0 saturated carbocycles. The van der Waals surface area contributed by atoms with E-state index in [9.17, 15) is 14.0 Å². The number of carbonyl (C=O) groups excluding carboxylic acids is 2. The monoisotopic (exact) mass is 414 g/mol. The van der Waals surface area contributed by atoms with Crippen molar-refractivity contribution in [1.29, 1.82) is 0 Å². The summed E-state index contributed by atoms with van der Waals surface area (Å²) in [7, 11) is 3.19. The molecule has 2 atom stereocenters. The van der Waals surface area contributed by atoms with Gasteiger partial charge in [-0.25, -0.2) is 4.39 Å². The molecule has 160 valence electrons. The molecule has 1 saturated heterocycles. The lowest BCUT2D eigenvalue weighted by molar-refractivity contribution is -0.129. The number of hydrogen-bond acceptors (Lipinski definition) is 4. The minimum Gasteiger partial charge on any atom is -0.497 e. The third-order valence-corrected chi connectivity index (χ3v) is 5.32. The largest absolute Gasteiger partial charge is 0.497 e. The van der Waals surface area contributed by atoms with Crippen LogP contribution in [0.2, 0.25) is 0 Å². The van der Waals surface area contributed by atoms with E-state index in [1.807, 2.05) is 0 Å². The van der Waals surface area contributed by atoms with Gasteiger partial charge in [0.2, 0.25) is 11.8 Å². The third-order valence-electron chi connectivity index (χ3n) is 5.32. The number of halogens is 1. The van der Waals surface area contributed by atoms with Crippen molar-refractivity contribution in [3.8, 4) is 5.75 Å². The van der Waals surface area contributed by atoms with Gasteiger partial charge in [0.1, 0.15) is 11.6 Å². The Kier molecular flexibility index (Phi) is 7.41. The van der Waals surface area contributed by atoms with Gasteiger partial charge in [-0.05, 0) is 54.8 Å². The van der Waals surface area contributed by atoms with Gasteiger partial charge in [-0.15, -0.1) is 0 Å². The molecule has 2 aromatic carbocycles. The first-order chi connectivity index (χ1) is 14.5. The van der Waals surface area contributed by atoms with Crippen molar-refractivity contribution >= 4 is 17.5 Å². The highest BCUT2D eigenvalue weighted by Crippen LogP contribution is 2.40. The standard InChI is InChI=1S/C23H27FN2O4/c1-29-15-3-14-25-23(28)20-12-13-21(27)26(18-8-10-19(30-2)11-9-18)22(20)16-4-6-17(24)7-5-16/h4-11,20,22H,3,12-15H2,1-2H3,(H,25,28)/t20-,22+/m1/s1. The average molecular weight is 414 g/mol. The lowest BCUT2D eigenvalue weighted by atomic mass is 9.83. The molecule has 2 amide bonds. The minimum absolute atomic E-state index is 0.0714. The maximum atomic E-state index is 13.5. The zero-order chi connectivity index (χ0) is 21.5. The lowest BCUT2D eigenvalue weighted by Gasteiger charge is -2.41. The van der Waals surface area contributed by atoms with Crippen LogP contribution in [0.1, 0.15) is 30.9 Å². The van der Waals surface area contributed by atoms with E-state index in [0.29, 0.717) is 37.4 Å². The van der Waals surface area contributed by atoms with Crippen molar-refractivity contribution in [3.63, 3.8) is 0 Å². The molecule has 0 unspecified atom stereocenters. The van der Waals surface area contributed by atoms with Gasteiger partial charge in [-0.2, -0.15) is 0 Å². The highest BCUT2D eigenvalue weighted by Gasteiger charge is 2.41. The fourth-order valence-electron chi connectivity index (χ4n) is 3.81. The summed E-state index contributed by atoms with van der Waals surface area (Å²) in [6.45, 7) is 1.05. The van der Waals surface area contributed by atoms with Crippen molar-refractivity contribution < 1.29 is 23.5 Å². The number of piperidine rings is 1. The predicted octanol–water partition coefficient (Wildman–Crippen LogP) is 3.47. The molecule has 1 fully saturated rings. The zero-order valence-corrected chi connectivity index (χ0v) is 17.3. The van der Waals surface area contributed by atoms with Gasteiger partial charge in [0, 0.05) is 32.4 Å². The predicted molar refractivity (Wildman–Crippen MR) is 112 cm³/mol. The van der Waals surface area contributed by atoms with Crippen molar-refractivity contribution in [2.75, 3.05) is 32.3 Å². The molecule has 6 nitrogen and oxygen atoms in total. The van der Waals surface area contributed by atoms with Gasteiger partial charge in [0.25, 0.3) is 0 Å². The first kappa shape index (κ1) is 21.8. The molecular weight excluding hydrogens is 387 g/mol. The Morgan fingerprint density at radius 3 is 2.47 bits per heavy atom. The topological polar surface area (TPSA) is 67.9 Å². The number of anilines is 1. The second-order valence-corrected chi connectivity index (χ2v) is 7.24. The van der Waals surface area contributed by atoms with E-state index in [0.717, 1.165) is 5.56 Å². The summed E-state index contributed by atoms with van der Waals surface area (Å²) in [4.78, 5) is 27.6. The Hall–Kier alpha value is -2.93. The minimum atomic E-state index is -0.525. The molecule has 0 aromatic heterocycles. The molecule has 0 bridgehead atoms. The molecule has 0 radical (unpaired) electrons. The van der Waals surface area contributed by atoms with E-state index in [-0.39, 0.29) is 24.1 Å². The van der Waals surface area contributed by atoms with Gasteiger partial charge < -0.3 is 19.7 Å². The Labute approximate surface area is 176 Å². The summed E-state index contributed by atoms with van der Waals surface area (Å²) in [6.07, 6.45) is 1.40. The van der Waals surface area contributed by atoms with Crippen LogP contribution in [0.5, 0.6) is 5.75 Å². The van der Waals surface area contributed by atoms with E-state index < -0.39 is 12.0 Å². The molecular formula is C23H27FN2O4. The van der Waals surface area contributed by atoms with Gasteiger partial charge in [-0.3, -0.25) is 9.59 Å². The van der Waals surface area contributed by atoms with E-state index in [1.165, 1.54) is 12.1 Å². The summed E-state index contributed by atoms with van der Waals surface area (Å²) in [6, 6.07) is 12.6. The van der Waals surface area contributed by atoms with Crippen LogP contribution < -0.4 is 15.0 Å². The van der Waals surface area contributed by atoms with Crippen molar-refractivity contribution in [1.82, 2.24) is 5.32 Å². The molecule has 1 aliphatic heterocycles. The first-order valence-electron chi connectivity index (χ1n) is 10.0. The summed E-state index contributed by atoms with van der Waals surface area (Å²) in [5, 5.41) is 2.95. The van der Waals surface area contributed by atoms with Crippen molar-refractivity contribution in [2.45, 2.75) is 25.3 Å². The van der Waals surface area contributed by atoms with Crippen molar-refractivity contribution in [3.05, 3.63) is 59.9 Å². The molecule has 1 N–H and O–H groups in total. The Morgan fingerprint density at radius 1 is 1.13 bits per heavy atom. The van der Waals surface area contributed by atoms with Gasteiger partial charge in [0.15, 0.2) is 0 Å². The summed E-state index contributed by atoms with van der Waals surface area (Å²) in [5.41, 5.74) is 1.39. The number of nitrogens with one attached hydrogen (secondary N) is 1. The molecule has 3 rings (SSSR count). The van der Waals surface area contributed by atoms with Crippen LogP contribution in [0.25, 0.3) is 0 Å². The van der Waals surface area contributed by atoms with E-state index >= 15 is 0 Å². The Balaban J connectivity index is 1.94. The number of nitrogens with zero attached hydrogens (tertiary/aromatic N) is 1. The van der Waals surface area contributed by atoms with E-state index in [4.69, 9.17) is 9.47 Å². The highest BCUT2D eigenvalue weighted by atomic mass is 19.1. The molecule has 30 heavy (non-hydrogen) atoms. The molecule has 2 aromatic rings. The molecule has 1 heterocycles. The number of carbonyl (C=O) groups is 2. The van der Waals surface area contributed by atoms with Gasteiger partial charge in [-0.1, -0.05) is 12.1 Å². The number of amides is 2. The normalized spacial score (nSPS) is 18.9. The number of hydrogen-bond donors (Lipinski definition) is 1. The highest BCUT2D eigenvalue weighted by molar-refractivity contribution is 5.97. The van der Waals surface area contributed by atoms with Crippen LogP contribution in [0.15, 0.2) is 48.5 Å². The van der Waals surface area contributed by atoms with Crippen LogP contribution in [0.3, 0.4) is 0 Å².